The molecular formula is C25H21ClN4O2. The van der Waals surface area contributed by atoms with Crippen molar-refractivity contribution in [1.82, 2.24) is 19.0 Å². The van der Waals surface area contributed by atoms with Gasteiger partial charge in [0.15, 0.2) is 0 Å². The van der Waals surface area contributed by atoms with E-state index in [1.165, 1.54) is 4.57 Å². The van der Waals surface area contributed by atoms with Gasteiger partial charge in [0.25, 0.3) is 11.5 Å². The average Bonchev–Trinajstić information content (AvgIpc) is 3.24. The topological polar surface area (TPSA) is 60.1 Å². The zero-order valence-electron chi connectivity index (χ0n) is 17.5. The lowest BCUT2D eigenvalue weighted by Gasteiger charge is -2.30. The highest BCUT2D eigenvalue weighted by atomic mass is 35.5. The van der Waals surface area contributed by atoms with Crippen LogP contribution in [-0.2, 0) is 13.1 Å². The number of benzene rings is 2. The number of carbonyl (C=O) groups excluding carboxylic acids is 1. The fourth-order valence-corrected chi connectivity index (χ4v) is 4.40. The summed E-state index contributed by atoms with van der Waals surface area (Å²) < 4.78 is 3.12. The van der Waals surface area contributed by atoms with Crippen LogP contribution in [0, 0.1) is 6.92 Å². The van der Waals surface area contributed by atoms with Crippen molar-refractivity contribution in [3.05, 3.63) is 106 Å². The quantitative estimate of drug-likeness (QED) is 0.471. The van der Waals surface area contributed by atoms with E-state index in [1.54, 1.807) is 28.1 Å². The molecule has 32 heavy (non-hydrogen) atoms. The average molecular weight is 445 g/mol. The van der Waals surface area contributed by atoms with Gasteiger partial charge < -0.3 is 9.47 Å². The van der Waals surface area contributed by atoms with Crippen molar-refractivity contribution in [2.24, 2.45) is 0 Å². The molecular weight excluding hydrogens is 424 g/mol. The van der Waals surface area contributed by atoms with Crippen molar-refractivity contribution in [1.29, 1.82) is 0 Å². The Morgan fingerprint density at radius 1 is 0.969 bits per heavy atom. The van der Waals surface area contributed by atoms with Crippen LogP contribution in [0.5, 0.6) is 0 Å². The first-order chi connectivity index (χ1) is 15.5. The maximum atomic E-state index is 13.3. The summed E-state index contributed by atoms with van der Waals surface area (Å²) in [5, 5.41) is 0.263. The van der Waals surface area contributed by atoms with E-state index in [0.717, 1.165) is 22.4 Å². The van der Waals surface area contributed by atoms with Crippen molar-refractivity contribution in [2.45, 2.75) is 20.0 Å². The number of amides is 1. The van der Waals surface area contributed by atoms with Crippen molar-refractivity contribution in [3.63, 3.8) is 0 Å². The summed E-state index contributed by atoms with van der Waals surface area (Å²) in [6, 6.07) is 19.8. The van der Waals surface area contributed by atoms with Crippen molar-refractivity contribution in [3.8, 4) is 16.8 Å². The maximum Gasteiger partial charge on any atom is 0.275 e. The molecule has 0 aliphatic carbocycles. The van der Waals surface area contributed by atoms with Gasteiger partial charge in [-0.2, -0.15) is 0 Å². The highest BCUT2D eigenvalue weighted by Gasteiger charge is 2.29. The van der Waals surface area contributed by atoms with E-state index in [-0.39, 0.29) is 22.2 Å². The predicted octanol–water partition coefficient (Wildman–Crippen LogP) is 4.32. The number of pyridine rings is 1. The molecule has 5 rings (SSSR count). The van der Waals surface area contributed by atoms with Gasteiger partial charge in [-0.25, -0.2) is 4.98 Å². The summed E-state index contributed by atoms with van der Waals surface area (Å²) in [6.07, 6.45) is 3.34. The van der Waals surface area contributed by atoms with E-state index in [1.807, 2.05) is 37.3 Å². The lowest BCUT2D eigenvalue weighted by atomic mass is 10.0. The second kappa shape index (κ2) is 8.13. The lowest BCUT2D eigenvalue weighted by Crippen LogP contribution is -2.44. The molecule has 1 aliphatic rings. The summed E-state index contributed by atoms with van der Waals surface area (Å²) in [5.41, 5.74) is 4.42. The third-order valence-corrected chi connectivity index (χ3v) is 5.99. The van der Waals surface area contributed by atoms with E-state index in [2.05, 4.69) is 29.2 Å². The number of rotatable bonds is 4. The molecule has 3 heterocycles. The third-order valence-electron chi connectivity index (χ3n) is 5.70. The Morgan fingerprint density at radius 2 is 1.75 bits per heavy atom. The Kier molecular flexibility index (Phi) is 5.15. The van der Waals surface area contributed by atoms with E-state index >= 15 is 0 Å². The number of imidazole rings is 1. The molecule has 1 aliphatic heterocycles. The smallest absolute Gasteiger partial charge is 0.275 e. The Hall–Kier alpha value is -3.64. The Balaban J connectivity index is 1.45. The van der Waals surface area contributed by atoms with Gasteiger partial charge >= 0.3 is 0 Å². The van der Waals surface area contributed by atoms with Crippen molar-refractivity contribution in [2.75, 3.05) is 6.54 Å². The van der Waals surface area contributed by atoms with Crippen LogP contribution in [0.4, 0.5) is 0 Å². The minimum atomic E-state index is -0.249. The van der Waals surface area contributed by atoms with Crippen LogP contribution >= 0.6 is 11.6 Å². The van der Waals surface area contributed by atoms with E-state index in [9.17, 15) is 9.59 Å². The van der Waals surface area contributed by atoms with E-state index < -0.39 is 0 Å². The van der Waals surface area contributed by atoms with Crippen LogP contribution < -0.4 is 5.56 Å². The van der Waals surface area contributed by atoms with Gasteiger partial charge in [0, 0.05) is 25.8 Å². The first kappa shape index (κ1) is 20.3. The highest BCUT2D eigenvalue weighted by molar-refractivity contribution is 6.33. The minimum Gasteiger partial charge on any atom is -0.331 e. The lowest BCUT2D eigenvalue weighted by molar-refractivity contribution is 0.0687. The molecule has 1 amide bonds. The molecule has 0 N–H and O–H groups in total. The predicted molar refractivity (Wildman–Crippen MR) is 124 cm³/mol. The van der Waals surface area contributed by atoms with Crippen LogP contribution in [0.25, 0.3) is 16.8 Å². The standard InChI is InChI=1S/C25H21ClN4O2/c1-17-14-29(16-27-17)22-13-21(26)23-25(32)28(10-11-30(23)24(22)31)15-18-6-5-9-20(12-18)19-7-3-2-4-8-19/h2-9,12-14,16H,10-11,15H2,1H3. The van der Waals surface area contributed by atoms with E-state index in [0.29, 0.717) is 25.3 Å². The number of aryl methyl sites for hydroxylation is 1. The first-order valence-corrected chi connectivity index (χ1v) is 10.8. The zero-order valence-corrected chi connectivity index (χ0v) is 18.3. The number of aromatic nitrogens is 3. The van der Waals surface area contributed by atoms with Crippen LogP contribution in [0.3, 0.4) is 0 Å². The maximum absolute atomic E-state index is 13.3. The van der Waals surface area contributed by atoms with Crippen LogP contribution in [-0.4, -0.2) is 31.5 Å². The second-order valence-electron chi connectivity index (χ2n) is 7.90. The molecule has 0 radical (unpaired) electrons. The number of carbonyl (C=O) groups is 1. The molecule has 0 bridgehead atoms. The number of hydrogen-bond donors (Lipinski definition) is 0. The van der Waals surface area contributed by atoms with E-state index in [4.69, 9.17) is 11.6 Å². The normalized spacial score (nSPS) is 13.3. The third kappa shape index (κ3) is 3.63. The monoisotopic (exact) mass is 444 g/mol. The number of halogens is 1. The summed E-state index contributed by atoms with van der Waals surface area (Å²) >= 11 is 6.50. The number of nitrogens with zero attached hydrogens (tertiary/aromatic N) is 4. The van der Waals surface area contributed by atoms with Gasteiger partial charge in [0.2, 0.25) is 0 Å². The molecule has 2 aromatic heterocycles. The molecule has 0 unspecified atom stereocenters. The van der Waals surface area contributed by atoms with Crippen LogP contribution in [0.1, 0.15) is 21.7 Å². The molecule has 2 aromatic carbocycles. The van der Waals surface area contributed by atoms with Crippen molar-refractivity contribution >= 4 is 17.5 Å². The van der Waals surface area contributed by atoms with Gasteiger partial charge in [-0.15, -0.1) is 0 Å². The fraction of sp³-hybridized carbons (Fsp3) is 0.160. The zero-order chi connectivity index (χ0) is 22.2. The second-order valence-corrected chi connectivity index (χ2v) is 8.31. The first-order valence-electron chi connectivity index (χ1n) is 10.4. The molecule has 4 aromatic rings. The number of hydrogen-bond acceptors (Lipinski definition) is 3. The molecule has 0 atom stereocenters. The molecule has 0 spiro atoms. The Morgan fingerprint density at radius 3 is 2.50 bits per heavy atom. The van der Waals surface area contributed by atoms with Crippen molar-refractivity contribution < 1.29 is 4.79 Å². The summed E-state index contributed by atoms with van der Waals surface area (Å²) in [5.74, 6) is -0.239. The van der Waals surface area contributed by atoms with Gasteiger partial charge in [-0.1, -0.05) is 60.1 Å². The van der Waals surface area contributed by atoms with Gasteiger partial charge in [0.05, 0.1) is 17.0 Å². The summed E-state index contributed by atoms with van der Waals surface area (Å²) in [6.45, 7) is 3.12. The molecule has 0 fully saturated rings. The largest absolute Gasteiger partial charge is 0.331 e. The summed E-state index contributed by atoms with van der Waals surface area (Å²) in [4.78, 5) is 32.3. The Labute approximate surface area is 190 Å². The number of fused-ring (bicyclic) bond motifs is 1. The molecule has 7 heteroatoms. The fourth-order valence-electron chi connectivity index (χ4n) is 4.11. The van der Waals surface area contributed by atoms with Gasteiger partial charge in [-0.05, 0) is 35.7 Å². The minimum absolute atomic E-state index is 0.239. The van der Waals surface area contributed by atoms with Crippen LogP contribution in [0.2, 0.25) is 5.02 Å². The Bertz CT molecular complexity index is 1370. The van der Waals surface area contributed by atoms with Crippen LogP contribution in [0.15, 0.2) is 78.0 Å². The van der Waals surface area contributed by atoms with Gasteiger partial charge in [-0.3, -0.25) is 14.2 Å². The highest BCUT2D eigenvalue weighted by Crippen LogP contribution is 2.25. The molecule has 0 saturated heterocycles. The molecule has 6 nitrogen and oxygen atoms in total. The SMILES string of the molecule is Cc1cn(-c2cc(Cl)c3n(c2=O)CCN(Cc2cccc(-c4ccccc4)c2)C3=O)cn1. The summed E-state index contributed by atoms with van der Waals surface area (Å²) in [7, 11) is 0. The van der Waals surface area contributed by atoms with Gasteiger partial charge in [0.1, 0.15) is 11.4 Å². The molecule has 0 saturated carbocycles. The molecule has 160 valence electrons.